The van der Waals surface area contributed by atoms with Crippen molar-refractivity contribution in [1.82, 2.24) is 0 Å². The minimum atomic E-state index is -0.0397. The number of ketones is 2. The van der Waals surface area contributed by atoms with Crippen LogP contribution in [0.4, 0.5) is 11.4 Å². The van der Waals surface area contributed by atoms with E-state index in [0.717, 1.165) is 9.79 Å². The van der Waals surface area contributed by atoms with Gasteiger partial charge in [-0.25, -0.2) is 0 Å². The summed E-state index contributed by atoms with van der Waals surface area (Å²) in [4.78, 5) is 27.2. The van der Waals surface area contributed by atoms with E-state index in [1.165, 1.54) is 0 Å². The summed E-state index contributed by atoms with van der Waals surface area (Å²) in [5.41, 5.74) is 15.1. The number of carbonyl (C=O) groups excluding carboxylic acids is 2. The fourth-order valence-electron chi connectivity index (χ4n) is 3.09. The smallest absolute Gasteiger partial charge is 0.193 e. The molecule has 5 heteroatoms. The Morgan fingerprint density at radius 2 is 0.710 bits per heavy atom. The van der Waals surface area contributed by atoms with Gasteiger partial charge in [-0.1, -0.05) is 11.8 Å². The molecule has 0 atom stereocenters. The third-order valence-corrected chi connectivity index (χ3v) is 5.83. The van der Waals surface area contributed by atoms with Gasteiger partial charge in [0.2, 0.25) is 0 Å². The molecular weight excluding hydrogens is 404 g/mol. The second-order valence-corrected chi connectivity index (χ2v) is 8.20. The first-order valence-electron chi connectivity index (χ1n) is 9.68. The fraction of sp³-hybridized carbons (Fsp3) is 0. The maximum atomic E-state index is 12.6. The highest BCUT2D eigenvalue weighted by atomic mass is 32.2. The molecule has 0 saturated carbocycles. The van der Waals surface area contributed by atoms with E-state index in [-0.39, 0.29) is 11.6 Å². The number of nitrogens with two attached hydrogens (primary N) is 2. The Kier molecular flexibility index (Phi) is 5.87. The molecule has 0 unspecified atom stereocenters. The zero-order valence-electron chi connectivity index (χ0n) is 16.6. The van der Waals surface area contributed by atoms with Gasteiger partial charge in [-0.05, 0) is 97.1 Å². The van der Waals surface area contributed by atoms with E-state index >= 15 is 0 Å². The van der Waals surface area contributed by atoms with E-state index in [1.807, 2.05) is 48.5 Å². The van der Waals surface area contributed by atoms with Gasteiger partial charge < -0.3 is 11.5 Å². The molecule has 0 aliphatic heterocycles. The number of rotatable bonds is 6. The highest BCUT2D eigenvalue weighted by Crippen LogP contribution is 2.29. The van der Waals surface area contributed by atoms with E-state index in [1.54, 1.807) is 60.3 Å². The number of hydrogen-bond donors (Lipinski definition) is 2. The monoisotopic (exact) mass is 424 g/mol. The second-order valence-electron chi connectivity index (χ2n) is 7.05. The Morgan fingerprint density at radius 3 is 1.00 bits per heavy atom. The molecule has 0 spiro atoms. The first-order valence-corrected chi connectivity index (χ1v) is 10.5. The number of carbonyl (C=O) groups is 2. The van der Waals surface area contributed by atoms with Crippen LogP contribution >= 0.6 is 11.8 Å². The Bertz CT molecular complexity index is 1120. The molecule has 31 heavy (non-hydrogen) atoms. The van der Waals surface area contributed by atoms with E-state index in [4.69, 9.17) is 11.5 Å². The maximum absolute atomic E-state index is 12.6. The SMILES string of the molecule is Nc1ccc(C(=O)c2ccc(Sc3ccc(C(=O)c4ccc(N)cc4)cc3)cc2)cc1. The maximum Gasteiger partial charge on any atom is 0.193 e. The Hall–Kier alpha value is -3.83. The van der Waals surface area contributed by atoms with Crippen LogP contribution in [0.15, 0.2) is 107 Å². The summed E-state index contributed by atoms with van der Waals surface area (Å²) in [7, 11) is 0. The summed E-state index contributed by atoms with van der Waals surface area (Å²) in [5.74, 6) is -0.0795. The normalized spacial score (nSPS) is 10.6. The van der Waals surface area contributed by atoms with Gasteiger partial charge >= 0.3 is 0 Å². The van der Waals surface area contributed by atoms with Crippen LogP contribution < -0.4 is 11.5 Å². The van der Waals surface area contributed by atoms with Gasteiger partial charge in [0.1, 0.15) is 0 Å². The summed E-state index contributed by atoms with van der Waals surface area (Å²) in [6.45, 7) is 0. The molecule has 0 radical (unpaired) electrons. The molecule has 0 fully saturated rings. The lowest BCUT2D eigenvalue weighted by Gasteiger charge is -2.06. The first kappa shape index (κ1) is 20.4. The third-order valence-electron chi connectivity index (χ3n) is 4.81. The second kappa shape index (κ2) is 8.90. The molecule has 0 heterocycles. The number of benzene rings is 4. The Balaban J connectivity index is 1.43. The molecule has 0 saturated heterocycles. The summed E-state index contributed by atoms with van der Waals surface area (Å²) in [5, 5.41) is 0. The van der Waals surface area contributed by atoms with Crippen molar-refractivity contribution < 1.29 is 9.59 Å². The number of nitrogen functional groups attached to an aromatic ring is 2. The molecule has 4 aromatic carbocycles. The van der Waals surface area contributed by atoms with Gasteiger partial charge in [-0.3, -0.25) is 9.59 Å². The minimum Gasteiger partial charge on any atom is -0.399 e. The van der Waals surface area contributed by atoms with Crippen LogP contribution in [0.5, 0.6) is 0 Å². The van der Waals surface area contributed by atoms with Crippen LogP contribution in [0.25, 0.3) is 0 Å². The highest BCUT2D eigenvalue weighted by molar-refractivity contribution is 7.99. The van der Waals surface area contributed by atoms with Crippen LogP contribution in [-0.2, 0) is 0 Å². The van der Waals surface area contributed by atoms with Crippen LogP contribution in [0.1, 0.15) is 31.8 Å². The standard InChI is InChI=1S/C26H20N2O2S/c27-21-9-1-17(2-10-21)25(29)19-5-13-23(14-6-19)31-24-15-7-20(8-16-24)26(30)18-3-11-22(28)12-4-18/h1-16H,27-28H2. The van der Waals surface area contributed by atoms with Crippen molar-refractivity contribution in [1.29, 1.82) is 0 Å². The van der Waals surface area contributed by atoms with E-state index in [0.29, 0.717) is 33.6 Å². The summed E-state index contributed by atoms with van der Waals surface area (Å²) in [6, 6.07) is 28.8. The topological polar surface area (TPSA) is 86.2 Å². The number of hydrogen-bond acceptors (Lipinski definition) is 5. The summed E-state index contributed by atoms with van der Waals surface area (Å²) in [6.07, 6.45) is 0. The predicted molar refractivity (Wildman–Crippen MR) is 126 cm³/mol. The van der Waals surface area contributed by atoms with E-state index in [2.05, 4.69) is 0 Å². The quantitative estimate of drug-likeness (QED) is 0.317. The molecule has 0 amide bonds. The average Bonchev–Trinajstić information content (AvgIpc) is 2.80. The van der Waals surface area contributed by atoms with Gasteiger partial charge in [-0.15, -0.1) is 0 Å². The predicted octanol–water partition coefficient (Wildman–Crippen LogP) is 5.46. The van der Waals surface area contributed by atoms with E-state index in [9.17, 15) is 9.59 Å². The van der Waals surface area contributed by atoms with Gasteiger partial charge in [0.25, 0.3) is 0 Å². The van der Waals surface area contributed by atoms with Gasteiger partial charge in [-0.2, -0.15) is 0 Å². The minimum absolute atomic E-state index is 0.0397. The molecule has 4 aromatic rings. The lowest BCUT2D eigenvalue weighted by Crippen LogP contribution is -2.01. The Labute approximate surface area is 184 Å². The zero-order chi connectivity index (χ0) is 21.8. The molecule has 4 nitrogen and oxygen atoms in total. The fourth-order valence-corrected chi connectivity index (χ4v) is 3.90. The molecule has 0 aliphatic carbocycles. The lowest BCUT2D eigenvalue weighted by atomic mass is 10.0. The first-order chi connectivity index (χ1) is 15.0. The largest absolute Gasteiger partial charge is 0.399 e. The van der Waals surface area contributed by atoms with Crippen molar-refractivity contribution in [3.05, 3.63) is 119 Å². The number of anilines is 2. The van der Waals surface area contributed by atoms with Gasteiger partial charge in [0.15, 0.2) is 11.6 Å². The van der Waals surface area contributed by atoms with Gasteiger partial charge in [0.05, 0.1) is 0 Å². The zero-order valence-corrected chi connectivity index (χ0v) is 17.4. The summed E-state index contributed by atoms with van der Waals surface area (Å²) < 4.78 is 0. The van der Waals surface area contributed by atoms with Crippen LogP contribution in [-0.4, -0.2) is 11.6 Å². The van der Waals surface area contributed by atoms with Gasteiger partial charge in [0, 0.05) is 43.4 Å². The molecule has 4 N–H and O–H groups in total. The summed E-state index contributed by atoms with van der Waals surface area (Å²) >= 11 is 1.57. The average molecular weight is 425 g/mol. The van der Waals surface area contributed by atoms with Crippen LogP contribution in [0, 0.1) is 0 Å². The van der Waals surface area contributed by atoms with Crippen LogP contribution in [0.2, 0.25) is 0 Å². The Morgan fingerprint density at radius 1 is 0.452 bits per heavy atom. The van der Waals surface area contributed by atoms with E-state index < -0.39 is 0 Å². The molecule has 4 rings (SSSR count). The van der Waals surface area contributed by atoms with Crippen molar-refractivity contribution in [2.45, 2.75) is 9.79 Å². The van der Waals surface area contributed by atoms with Crippen LogP contribution in [0.3, 0.4) is 0 Å². The van der Waals surface area contributed by atoms with Crippen molar-refractivity contribution >= 4 is 34.7 Å². The van der Waals surface area contributed by atoms with Crippen molar-refractivity contribution in [3.8, 4) is 0 Å². The molecule has 0 aromatic heterocycles. The van der Waals surface area contributed by atoms with Crippen molar-refractivity contribution in [2.24, 2.45) is 0 Å². The highest BCUT2D eigenvalue weighted by Gasteiger charge is 2.11. The molecular formula is C26H20N2O2S. The third kappa shape index (κ3) is 4.85. The molecule has 0 aliphatic rings. The van der Waals surface area contributed by atoms with Crippen molar-refractivity contribution in [2.75, 3.05) is 11.5 Å². The molecule has 152 valence electrons. The van der Waals surface area contributed by atoms with Crippen molar-refractivity contribution in [3.63, 3.8) is 0 Å². The molecule has 0 bridgehead atoms. The lowest BCUT2D eigenvalue weighted by molar-refractivity contribution is 0.103.